The quantitative estimate of drug-likeness (QED) is 0.706. The van der Waals surface area contributed by atoms with Crippen LogP contribution in [-0.2, 0) is 0 Å². The summed E-state index contributed by atoms with van der Waals surface area (Å²) in [6, 6.07) is 6.94. The Kier molecular flexibility index (Phi) is 6.77. The number of benzene rings is 1. The first-order valence-corrected chi connectivity index (χ1v) is 8.57. The largest absolute Gasteiger partial charge is 1.00 e. The molecule has 4 radical (unpaired) electrons. The minimum absolute atomic E-state index is 0. The second kappa shape index (κ2) is 8.05. The van der Waals surface area contributed by atoms with Gasteiger partial charge in [-0.25, -0.2) is 0 Å². The summed E-state index contributed by atoms with van der Waals surface area (Å²) >= 11 is 0. The van der Waals surface area contributed by atoms with Crippen LogP contribution in [-0.4, -0.2) is 54.7 Å². The number of ether oxygens (including phenoxy) is 2. The van der Waals surface area contributed by atoms with Crippen LogP contribution < -0.4 is 33.7 Å². The van der Waals surface area contributed by atoms with Crippen molar-refractivity contribution in [3.8, 4) is 11.5 Å². The number of fused-ring (bicyclic) bond motifs is 1. The molecule has 0 aromatic heterocycles. The van der Waals surface area contributed by atoms with Crippen LogP contribution in [0.25, 0.3) is 0 Å². The maximum Gasteiger partial charge on any atom is 1.00 e. The zero-order chi connectivity index (χ0) is 15.2. The molecule has 1 spiro atoms. The van der Waals surface area contributed by atoms with Crippen molar-refractivity contribution in [3.63, 3.8) is 0 Å². The van der Waals surface area contributed by atoms with Crippen LogP contribution in [0.2, 0.25) is 0 Å². The van der Waals surface area contributed by atoms with Gasteiger partial charge in [0.05, 0.1) is 0 Å². The molecule has 3 aliphatic rings. The first-order chi connectivity index (χ1) is 10.6. The summed E-state index contributed by atoms with van der Waals surface area (Å²) in [5.74, 6) is 2.22. The van der Waals surface area contributed by atoms with Crippen molar-refractivity contribution in [1.29, 1.82) is 0 Å². The average Bonchev–Trinajstić information content (AvgIpc) is 2.88. The Morgan fingerprint density at radius 2 is 1.83 bits per heavy atom. The van der Waals surface area contributed by atoms with Gasteiger partial charge in [0, 0.05) is 32.0 Å². The van der Waals surface area contributed by atoms with Crippen LogP contribution >= 0.6 is 0 Å². The molecule has 6 heteroatoms. The fraction of sp³-hybridized carbons (Fsp3) is 0.667. The number of nitrogens with zero attached hydrogens (tertiary/aromatic N) is 1. The first kappa shape index (κ1) is 20.2. The molecule has 4 nitrogen and oxygen atoms in total. The van der Waals surface area contributed by atoms with Crippen LogP contribution in [0, 0.1) is 5.92 Å². The predicted molar refractivity (Wildman–Crippen MR) is 92.1 cm³/mol. The van der Waals surface area contributed by atoms with Gasteiger partial charge in [-0.05, 0) is 50.0 Å². The van der Waals surface area contributed by atoms with Gasteiger partial charge < -0.3 is 37.1 Å². The molecule has 0 aliphatic carbocycles. The minimum atomic E-state index is -0.415. The maximum atomic E-state index is 6.26. The SMILES string of the molecule is C[C@H]1CC[C@H](c2ccc3c(c2)OC2(CCN(C)CC2)O3)NC1.[Al-].[Li+]. The third-order valence-corrected chi connectivity index (χ3v) is 5.37. The summed E-state index contributed by atoms with van der Waals surface area (Å²) in [5, 5.41) is 3.65. The van der Waals surface area contributed by atoms with Gasteiger partial charge in [-0.3, -0.25) is 0 Å². The molecular weight excluding hydrogens is 310 g/mol. The van der Waals surface area contributed by atoms with Crippen molar-refractivity contribution in [2.24, 2.45) is 5.92 Å². The molecule has 1 aromatic rings. The van der Waals surface area contributed by atoms with Crippen LogP contribution in [0.3, 0.4) is 0 Å². The Labute approximate surface area is 168 Å². The normalized spacial score (nSPS) is 28.1. The second-order valence-corrected chi connectivity index (χ2v) is 7.27. The molecule has 24 heavy (non-hydrogen) atoms. The van der Waals surface area contributed by atoms with E-state index in [2.05, 4.69) is 42.4 Å². The maximum absolute atomic E-state index is 6.26. The molecule has 124 valence electrons. The van der Waals surface area contributed by atoms with Crippen LogP contribution in [0.15, 0.2) is 18.2 Å². The van der Waals surface area contributed by atoms with Gasteiger partial charge in [-0.15, -0.1) is 0 Å². The zero-order valence-electron chi connectivity index (χ0n) is 15.2. The van der Waals surface area contributed by atoms with Gasteiger partial charge in [0.1, 0.15) is 0 Å². The molecule has 1 aromatic carbocycles. The summed E-state index contributed by atoms with van der Waals surface area (Å²) in [7, 11) is 2.16. The summed E-state index contributed by atoms with van der Waals surface area (Å²) in [5.41, 5.74) is 1.33. The van der Waals surface area contributed by atoms with E-state index in [9.17, 15) is 0 Å². The Bertz CT molecular complexity index is 556. The van der Waals surface area contributed by atoms with Gasteiger partial charge in [0.25, 0.3) is 5.79 Å². The molecule has 2 fully saturated rings. The molecule has 0 saturated carbocycles. The number of hydrogen-bond donors (Lipinski definition) is 1. The average molecular weight is 336 g/mol. The molecule has 0 bridgehead atoms. The minimum Gasteiger partial charge on any atom is -1.00 e. The molecule has 1 N–H and O–H groups in total. The van der Waals surface area contributed by atoms with Crippen molar-refractivity contribution in [2.45, 2.75) is 44.4 Å². The van der Waals surface area contributed by atoms with Gasteiger partial charge in [-0.1, -0.05) is 13.0 Å². The van der Waals surface area contributed by atoms with E-state index in [4.69, 9.17) is 9.47 Å². The third kappa shape index (κ3) is 3.99. The van der Waals surface area contributed by atoms with Crippen LogP contribution in [0.4, 0.5) is 0 Å². The molecule has 2 atom stereocenters. The van der Waals surface area contributed by atoms with E-state index in [0.717, 1.165) is 49.9 Å². The van der Waals surface area contributed by atoms with Crippen molar-refractivity contribution in [1.82, 2.24) is 10.2 Å². The van der Waals surface area contributed by atoms with Crippen molar-refractivity contribution < 1.29 is 28.3 Å². The molecule has 3 heterocycles. The summed E-state index contributed by atoms with van der Waals surface area (Å²) in [6.45, 7) is 5.48. The van der Waals surface area contributed by atoms with Crippen LogP contribution in [0.5, 0.6) is 11.5 Å². The molecule has 0 unspecified atom stereocenters. The fourth-order valence-corrected chi connectivity index (χ4v) is 3.77. The number of rotatable bonds is 1. The number of hydrogen-bond acceptors (Lipinski definition) is 4. The first-order valence-electron chi connectivity index (χ1n) is 8.57. The van der Waals surface area contributed by atoms with Crippen molar-refractivity contribution >= 4 is 17.4 Å². The van der Waals surface area contributed by atoms with E-state index in [1.165, 1.54) is 18.4 Å². The van der Waals surface area contributed by atoms with E-state index in [0.29, 0.717) is 6.04 Å². The number of likely N-dealkylation sites (tertiary alicyclic amines) is 1. The Morgan fingerprint density at radius 1 is 1.12 bits per heavy atom. The molecule has 0 amide bonds. The smallest absolute Gasteiger partial charge is 1.00 e. The monoisotopic (exact) mass is 336 g/mol. The number of nitrogens with one attached hydrogen (secondary N) is 1. The van der Waals surface area contributed by atoms with E-state index in [1.54, 1.807) is 0 Å². The molecule has 4 rings (SSSR count). The van der Waals surface area contributed by atoms with Gasteiger partial charge in [0.2, 0.25) is 0 Å². The number of piperidine rings is 2. The standard InChI is InChI=1S/C18H26N2O2.Al.Li/c1-13-3-5-15(19-12-13)14-4-6-16-17(11-14)22-18(21-16)7-9-20(2)10-8-18;;/h4,6,11,13,15,19H,3,5,7-10,12H2,1-2H3;;/q;-1;+1/t13-,15+;;/m0../s1. The molecule has 3 aliphatic heterocycles. The van der Waals surface area contributed by atoms with Crippen molar-refractivity contribution in [3.05, 3.63) is 23.8 Å². The van der Waals surface area contributed by atoms with Gasteiger partial charge >= 0.3 is 18.9 Å². The zero-order valence-corrected chi connectivity index (χ0v) is 16.3. The summed E-state index contributed by atoms with van der Waals surface area (Å²) in [6.07, 6.45) is 4.37. The third-order valence-electron chi connectivity index (χ3n) is 5.37. The fourth-order valence-electron chi connectivity index (χ4n) is 3.77. The van der Waals surface area contributed by atoms with E-state index in [-0.39, 0.29) is 36.2 Å². The Morgan fingerprint density at radius 3 is 2.50 bits per heavy atom. The molecular formula is C18H26AlLiN2O2. The Hall–Kier alpha value is -0.130. The van der Waals surface area contributed by atoms with Gasteiger partial charge in [-0.2, -0.15) is 0 Å². The van der Waals surface area contributed by atoms with E-state index < -0.39 is 5.79 Å². The topological polar surface area (TPSA) is 33.7 Å². The summed E-state index contributed by atoms with van der Waals surface area (Å²) in [4.78, 5) is 2.33. The Balaban J connectivity index is 0.00000104. The molecule has 2 saturated heterocycles. The van der Waals surface area contributed by atoms with Crippen molar-refractivity contribution in [2.75, 3.05) is 26.7 Å². The second-order valence-electron chi connectivity index (χ2n) is 7.27. The summed E-state index contributed by atoms with van der Waals surface area (Å²) < 4.78 is 12.4. The van der Waals surface area contributed by atoms with E-state index >= 15 is 0 Å². The van der Waals surface area contributed by atoms with Crippen LogP contribution in [0.1, 0.15) is 44.2 Å². The predicted octanol–water partition coefficient (Wildman–Crippen LogP) is -0.436. The van der Waals surface area contributed by atoms with Gasteiger partial charge in [0.15, 0.2) is 11.5 Å². The van der Waals surface area contributed by atoms with E-state index in [1.807, 2.05) is 0 Å².